The Labute approximate surface area is 439 Å². The number of rotatable bonds is 5. The lowest BCUT2D eigenvalue weighted by molar-refractivity contribution is 0.668. The molecule has 0 atom stereocenters. The Morgan fingerprint density at radius 2 is 0.737 bits per heavy atom. The molecule has 0 saturated heterocycles. The van der Waals surface area contributed by atoms with Crippen LogP contribution in [0.25, 0.3) is 143 Å². The van der Waals surface area contributed by atoms with Crippen LogP contribution < -0.4 is 0 Å². The lowest BCUT2D eigenvalue weighted by Crippen LogP contribution is -2.25. The molecule has 15 aromatic rings. The van der Waals surface area contributed by atoms with Crippen molar-refractivity contribution >= 4 is 75.4 Å². The van der Waals surface area contributed by atoms with Gasteiger partial charge in [0.1, 0.15) is 22.3 Å². The smallest absolute Gasteiger partial charge is 0.164 e. The molecule has 1 spiro atoms. The Balaban J connectivity index is 0.795. The molecule has 0 N–H and O–H groups in total. The minimum Gasteiger partial charge on any atom is -0.456 e. The van der Waals surface area contributed by atoms with E-state index in [1.54, 1.807) is 11.3 Å². The number of hydrogen-bond acceptors (Lipinski definition) is 6. The molecule has 2 aliphatic carbocycles. The Bertz CT molecular complexity index is 4900. The normalized spacial score (nSPS) is 13.1. The molecule has 4 heterocycles. The summed E-state index contributed by atoms with van der Waals surface area (Å²) in [5.74, 6) is 1.76. The van der Waals surface area contributed by atoms with Crippen LogP contribution in [0.3, 0.4) is 0 Å². The molecule has 5 nitrogen and oxygen atoms in total. The van der Waals surface area contributed by atoms with Crippen molar-refractivity contribution in [3.8, 4) is 78.7 Å². The summed E-state index contributed by atoms with van der Waals surface area (Å²) >= 11 is 1.79. The first-order valence-corrected chi connectivity index (χ1v) is 26.5. The highest BCUT2D eigenvalue weighted by Crippen LogP contribution is 2.63. The third-order valence-electron chi connectivity index (χ3n) is 16.2. The van der Waals surface area contributed by atoms with E-state index in [9.17, 15) is 0 Å². The van der Waals surface area contributed by atoms with Gasteiger partial charge in [0, 0.05) is 58.4 Å². The van der Waals surface area contributed by atoms with E-state index in [4.69, 9.17) is 23.8 Å². The zero-order valence-corrected chi connectivity index (χ0v) is 41.4. The molecule has 352 valence electrons. The summed E-state index contributed by atoms with van der Waals surface area (Å²) in [5.41, 5.74) is 20.7. The van der Waals surface area contributed by atoms with Crippen molar-refractivity contribution in [1.29, 1.82) is 0 Å². The van der Waals surface area contributed by atoms with Crippen LogP contribution in [-0.2, 0) is 5.41 Å². The zero-order valence-electron chi connectivity index (χ0n) is 40.6. The molecule has 17 rings (SSSR count). The summed E-state index contributed by atoms with van der Waals surface area (Å²) < 4.78 is 15.3. The summed E-state index contributed by atoms with van der Waals surface area (Å²) in [7, 11) is 0. The second kappa shape index (κ2) is 15.6. The van der Waals surface area contributed by atoms with Crippen LogP contribution in [0.1, 0.15) is 22.3 Å². The van der Waals surface area contributed by atoms with Crippen LogP contribution in [0.2, 0.25) is 0 Å². The van der Waals surface area contributed by atoms with Crippen LogP contribution in [0.4, 0.5) is 0 Å². The number of nitrogens with zero attached hydrogens (tertiary/aromatic N) is 3. The summed E-state index contributed by atoms with van der Waals surface area (Å²) in [5, 5.41) is 6.34. The molecule has 0 bridgehead atoms. The number of benzene rings is 11. The molecule has 0 unspecified atom stereocenters. The molecule has 0 fully saturated rings. The van der Waals surface area contributed by atoms with Gasteiger partial charge in [0.15, 0.2) is 17.5 Å². The number of fused-ring (bicyclic) bond motifs is 19. The van der Waals surface area contributed by atoms with Gasteiger partial charge in [-0.3, -0.25) is 0 Å². The minimum atomic E-state index is -0.391. The number of para-hydroxylation sites is 1. The number of furan rings is 2. The third kappa shape index (κ3) is 5.81. The van der Waals surface area contributed by atoms with E-state index in [1.807, 2.05) is 42.5 Å². The van der Waals surface area contributed by atoms with Crippen molar-refractivity contribution < 1.29 is 8.83 Å². The molecule has 0 saturated carbocycles. The van der Waals surface area contributed by atoms with Crippen LogP contribution in [0.5, 0.6) is 0 Å². The van der Waals surface area contributed by atoms with E-state index in [-0.39, 0.29) is 0 Å². The highest BCUT2D eigenvalue weighted by molar-refractivity contribution is 7.25. The maximum Gasteiger partial charge on any atom is 0.164 e. The topological polar surface area (TPSA) is 65.0 Å². The molecule has 11 aromatic carbocycles. The Hall–Kier alpha value is -9.75. The SMILES string of the molecule is c1ccc2c(c1)-c1ccccc1C21c2ccccc2-c2ccc(-c3ccc(-c4ccc5oc6cccc(-c7nc(-c8ccc9oc%10ccccc%10c9c8)nc(-c8cccc9sc%10ccccc%10c89)n7)c6c5c4)cc3)cc21. The molecule has 0 aliphatic heterocycles. The van der Waals surface area contributed by atoms with E-state index in [2.05, 4.69) is 194 Å². The fraction of sp³-hybridized carbons (Fsp3) is 0.0143. The van der Waals surface area contributed by atoms with Gasteiger partial charge in [-0.1, -0.05) is 176 Å². The first kappa shape index (κ1) is 41.7. The minimum absolute atomic E-state index is 0.391. The predicted octanol–water partition coefficient (Wildman–Crippen LogP) is 18.7. The molecule has 0 amide bonds. The molecule has 0 radical (unpaired) electrons. The first-order chi connectivity index (χ1) is 37.6. The van der Waals surface area contributed by atoms with Gasteiger partial charge < -0.3 is 8.83 Å². The van der Waals surface area contributed by atoms with Gasteiger partial charge in [0.05, 0.1) is 5.41 Å². The monoisotopic (exact) mass is 985 g/mol. The highest BCUT2D eigenvalue weighted by atomic mass is 32.1. The van der Waals surface area contributed by atoms with E-state index < -0.39 is 5.41 Å². The average molecular weight is 986 g/mol. The Morgan fingerprint density at radius 3 is 1.46 bits per heavy atom. The van der Waals surface area contributed by atoms with E-state index in [1.165, 1.54) is 70.4 Å². The summed E-state index contributed by atoms with van der Waals surface area (Å²) in [6, 6.07) is 85.1. The van der Waals surface area contributed by atoms with Gasteiger partial charge in [-0.25, -0.2) is 15.0 Å². The second-order valence-corrected chi connectivity index (χ2v) is 21.2. The zero-order chi connectivity index (χ0) is 49.6. The summed E-state index contributed by atoms with van der Waals surface area (Å²) in [6.45, 7) is 0. The van der Waals surface area contributed by atoms with Gasteiger partial charge >= 0.3 is 0 Å². The first-order valence-electron chi connectivity index (χ1n) is 25.7. The largest absolute Gasteiger partial charge is 0.456 e. The average Bonchev–Trinajstić information content (AvgIpc) is 4.37. The number of thiophene rings is 1. The maximum atomic E-state index is 6.65. The fourth-order valence-corrected chi connectivity index (χ4v) is 14.0. The predicted molar refractivity (Wildman–Crippen MR) is 311 cm³/mol. The molecule has 4 aromatic heterocycles. The summed E-state index contributed by atoms with van der Waals surface area (Å²) in [4.78, 5) is 16.0. The van der Waals surface area contributed by atoms with Gasteiger partial charge in [-0.15, -0.1) is 11.3 Å². The standard InChI is InChI=1S/C70H39N3O2S/c1-6-20-55-45(13-1)46-14-2-7-21-56(46)70(55)57-22-8-3-15-47(57)48-34-31-43(39-58(48)70)41-29-27-40(28-30-41)42-32-35-61-54(37-42)65-51(18-11-24-62(65)75-61)68-71-67(44-33-36-60-53(38-44)49-16-4-9-23-59(49)74-60)72-69(73-68)52-19-12-26-64-66(52)50-17-5-10-25-63(50)76-64/h1-39H. The maximum absolute atomic E-state index is 6.65. The van der Waals surface area contributed by atoms with Crippen LogP contribution >= 0.6 is 11.3 Å². The molecular weight excluding hydrogens is 947 g/mol. The van der Waals surface area contributed by atoms with Crippen LogP contribution in [0, 0.1) is 0 Å². The van der Waals surface area contributed by atoms with E-state index >= 15 is 0 Å². The van der Waals surface area contributed by atoms with Gasteiger partial charge in [-0.2, -0.15) is 0 Å². The molecular formula is C70H39N3O2S. The number of aromatic nitrogens is 3. The lowest BCUT2D eigenvalue weighted by atomic mass is 9.70. The quantitative estimate of drug-likeness (QED) is 0.172. The van der Waals surface area contributed by atoms with Gasteiger partial charge in [0.2, 0.25) is 0 Å². The second-order valence-electron chi connectivity index (χ2n) is 20.1. The fourth-order valence-electron chi connectivity index (χ4n) is 12.9. The lowest BCUT2D eigenvalue weighted by Gasteiger charge is -2.30. The van der Waals surface area contributed by atoms with Crippen LogP contribution in [-0.4, -0.2) is 15.0 Å². The number of hydrogen-bond donors (Lipinski definition) is 0. The molecule has 6 heteroatoms. The molecule has 2 aliphatic rings. The van der Waals surface area contributed by atoms with E-state index in [0.717, 1.165) is 77.1 Å². The van der Waals surface area contributed by atoms with Crippen molar-refractivity contribution in [2.45, 2.75) is 5.41 Å². The van der Waals surface area contributed by atoms with Crippen molar-refractivity contribution in [3.63, 3.8) is 0 Å². The highest BCUT2D eigenvalue weighted by Gasteiger charge is 2.51. The Morgan fingerprint density at radius 1 is 0.276 bits per heavy atom. The van der Waals surface area contributed by atoms with Gasteiger partial charge in [-0.05, 0) is 127 Å². The molecule has 76 heavy (non-hydrogen) atoms. The third-order valence-corrected chi connectivity index (χ3v) is 17.3. The van der Waals surface area contributed by atoms with Crippen molar-refractivity contribution in [3.05, 3.63) is 259 Å². The van der Waals surface area contributed by atoms with Crippen molar-refractivity contribution in [2.75, 3.05) is 0 Å². The van der Waals surface area contributed by atoms with E-state index in [0.29, 0.717) is 17.5 Å². The van der Waals surface area contributed by atoms with Crippen LogP contribution in [0.15, 0.2) is 245 Å². The Kier molecular flexibility index (Phi) is 8.58. The van der Waals surface area contributed by atoms with Crippen molar-refractivity contribution in [2.24, 2.45) is 0 Å². The van der Waals surface area contributed by atoms with Gasteiger partial charge in [0.25, 0.3) is 0 Å². The van der Waals surface area contributed by atoms with Crippen molar-refractivity contribution in [1.82, 2.24) is 15.0 Å². The summed E-state index contributed by atoms with van der Waals surface area (Å²) in [6.07, 6.45) is 0.